The van der Waals surface area contributed by atoms with Gasteiger partial charge in [-0.3, -0.25) is 0 Å². The second kappa shape index (κ2) is 4.66. The molecule has 0 aromatic carbocycles. The third-order valence-electron chi connectivity index (χ3n) is 1.41. The number of hydrogen-bond donors (Lipinski definition) is 0. The van der Waals surface area contributed by atoms with Crippen LogP contribution in [-0.2, 0) is 0 Å². The monoisotopic (exact) mass is 132 g/mol. The van der Waals surface area contributed by atoms with Gasteiger partial charge in [0.1, 0.15) is 0 Å². The maximum Gasteiger partial charge on any atom is 1.00 e. The van der Waals surface area contributed by atoms with Crippen LogP contribution < -0.4 is 24.0 Å². The molecule has 0 aliphatic rings. The van der Waals surface area contributed by atoms with Crippen molar-refractivity contribution in [3.8, 4) is 0 Å². The predicted octanol–water partition coefficient (Wildman–Crippen LogP) is -1.53. The van der Waals surface area contributed by atoms with Crippen molar-refractivity contribution in [2.45, 2.75) is 20.8 Å². The molecule has 2 heteroatoms. The number of rotatable bonds is 2. The van der Waals surface area contributed by atoms with Gasteiger partial charge in [0.15, 0.2) is 0 Å². The SMILES string of the molecule is C=CC(C)(C)/C([O-])=C/C.[Li+]. The summed E-state index contributed by atoms with van der Waals surface area (Å²) in [6.45, 7) is 9.00. The van der Waals surface area contributed by atoms with Crippen LogP contribution in [0.2, 0.25) is 0 Å². The van der Waals surface area contributed by atoms with Crippen LogP contribution in [0.3, 0.4) is 0 Å². The summed E-state index contributed by atoms with van der Waals surface area (Å²) in [4.78, 5) is 0. The van der Waals surface area contributed by atoms with Crippen LogP contribution >= 0.6 is 0 Å². The van der Waals surface area contributed by atoms with Crippen LogP contribution in [-0.4, -0.2) is 0 Å². The van der Waals surface area contributed by atoms with E-state index in [0.29, 0.717) is 0 Å². The molecule has 0 saturated heterocycles. The topological polar surface area (TPSA) is 23.1 Å². The molecule has 0 rings (SSSR count). The van der Waals surface area contributed by atoms with Gasteiger partial charge in [-0.05, 0) is 12.3 Å². The van der Waals surface area contributed by atoms with Gasteiger partial charge in [-0.2, -0.15) is 0 Å². The van der Waals surface area contributed by atoms with E-state index in [1.165, 1.54) is 0 Å². The fourth-order valence-corrected chi connectivity index (χ4v) is 0.473. The van der Waals surface area contributed by atoms with Gasteiger partial charge < -0.3 is 5.11 Å². The van der Waals surface area contributed by atoms with Crippen molar-refractivity contribution in [1.82, 2.24) is 0 Å². The van der Waals surface area contributed by atoms with E-state index >= 15 is 0 Å². The molecule has 0 atom stereocenters. The molecular formula is C8H13LiO. The zero-order chi connectivity index (χ0) is 7.49. The van der Waals surface area contributed by atoms with Crippen LogP contribution in [0.5, 0.6) is 0 Å². The van der Waals surface area contributed by atoms with E-state index in [1.807, 2.05) is 13.8 Å². The molecule has 0 aromatic heterocycles. The minimum Gasteiger partial charge on any atom is -0.875 e. The van der Waals surface area contributed by atoms with Crippen LogP contribution in [0.1, 0.15) is 20.8 Å². The number of allylic oxidation sites excluding steroid dienone is 2. The van der Waals surface area contributed by atoms with Gasteiger partial charge in [0.25, 0.3) is 0 Å². The summed E-state index contributed by atoms with van der Waals surface area (Å²) >= 11 is 0. The Balaban J connectivity index is 0. The van der Waals surface area contributed by atoms with E-state index in [0.717, 1.165) is 0 Å². The first kappa shape index (κ1) is 12.5. The Hall–Kier alpha value is -0.123. The van der Waals surface area contributed by atoms with Gasteiger partial charge in [-0.1, -0.05) is 26.0 Å². The summed E-state index contributed by atoms with van der Waals surface area (Å²) in [5.74, 6) is 0.123. The summed E-state index contributed by atoms with van der Waals surface area (Å²) in [6.07, 6.45) is 3.23. The fourth-order valence-electron chi connectivity index (χ4n) is 0.473. The third-order valence-corrected chi connectivity index (χ3v) is 1.41. The molecule has 0 amide bonds. The minimum atomic E-state index is -0.380. The van der Waals surface area contributed by atoms with Gasteiger partial charge in [0.2, 0.25) is 0 Å². The molecule has 1 nitrogen and oxygen atoms in total. The van der Waals surface area contributed by atoms with Crippen molar-refractivity contribution in [3.05, 3.63) is 24.5 Å². The van der Waals surface area contributed by atoms with E-state index in [9.17, 15) is 5.11 Å². The molecule has 0 unspecified atom stereocenters. The average molecular weight is 132 g/mol. The van der Waals surface area contributed by atoms with Crippen molar-refractivity contribution in [2.75, 3.05) is 0 Å². The Morgan fingerprint density at radius 2 is 1.90 bits per heavy atom. The molecule has 0 heterocycles. The van der Waals surface area contributed by atoms with E-state index in [4.69, 9.17) is 0 Å². The Labute approximate surface area is 75.0 Å². The molecule has 0 aromatic rings. The molecule has 0 saturated carbocycles. The fraction of sp³-hybridized carbons (Fsp3) is 0.500. The van der Waals surface area contributed by atoms with Crippen LogP contribution in [0, 0.1) is 5.41 Å². The molecule has 0 bridgehead atoms. The molecule has 0 spiro atoms. The van der Waals surface area contributed by atoms with Crippen molar-refractivity contribution in [3.63, 3.8) is 0 Å². The van der Waals surface area contributed by atoms with Crippen molar-refractivity contribution in [1.29, 1.82) is 0 Å². The van der Waals surface area contributed by atoms with Gasteiger partial charge in [-0.15, -0.1) is 12.3 Å². The third kappa shape index (κ3) is 3.15. The summed E-state index contributed by atoms with van der Waals surface area (Å²) in [6, 6.07) is 0. The molecule has 0 fully saturated rings. The maximum atomic E-state index is 10.9. The van der Waals surface area contributed by atoms with Gasteiger partial charge in [0.05, 0.1) is 0 Å². The normalized spacial score (nSPS) is 12.1. The summed E-state index contributed by atoms with van der Waals surface area (Å²) in [7, 11) is 0. The summed E-state index contributed by atoms with van der Waals surface area (Å²) in [5, 5.41) is 10.9. The van der Waals surface area contributed by atoms with Gasteiger partial charge in [0, 0.05) is 0 Å². The molecule has 0 aliphatic heterocycles. The first-order valence-electron chi connectivity index (χ1n) is 3.02. The summed E-state index contributed by atoms with van der Waals surface area (Å²) < 4.78 is 0. The van der Waals surface area contributed by atoms with Crippen molar-refractivity contribution < 1.29 is 24.0 Å². The maximum absolute atomic E-state index is 10.9. The van der Waals surface area contributed by atoms with Crippen LogP contribution in [0.4, 0.5) is 0 Å². The number of hydrogen-bond acceptors (Lipinski definition) is 1. The second-order valence-corrected chi connectivity index (χ2v) is 2.58. The first-order chi connectivity index (χ1) is 4.04. The first-order valence-corrected chi connectivity index (χ1v) is 3.02. The van der Waals surface area contributed by atoms with E-state index in [-0.39, 0.29) is 30.0 Å². The Bertz CT molecular complexity index is 136. The molecule has 0 N–H and O–H groups in total. The van der Waals surface area contributed by atoms with Crippen molar-refractivity contribution in [2.24, 2.45) is 5.41 Å². The van der Waals surface area contributed by atoms with E-state index in [1.54, 1.807) is 19.1 Å². The zero-order valence-electron chi connectivity index (χ0n) is 7.27. The Kier molecular flexibility index (Phi) is 5.84. The zero-order valence-corrected chi connectivity index (χ0v) is 7.27. The van der Waals surface area contributed by atoms with Gasteiger partial charge >= 0.3 is 18.9 Å². The predicted molar refractivity (Wildman–Crippen MR) is 37.7 cm³/mol. The van der Waals surface area contributed by atoms with Crippen LogP contribution in [0.15, 0.2) is 24.5 Å². The van der Waals surface area contributed by atoms with E-state index < -0.39 is 0 Å². The minimum absolute atomic E-state index is 0. The smallest absolute Gasteiger partial charge is 0.875 e. The second-order valence-electron chi connectivity index (χ2n) is 2.58. The molecule has 52 valence electrons. The quantitative estimate of drug-likeness (QED) is 0.254. The standard InChI is InChI=1S/C8H14O.Li/c1-5-7(9)8(3,4)6-2;/h5-6,9H,2H2,1,3-4H3;/q;+1/p-1/b7-5-;. The van der Waals surface area contributed by atoms with Crippen molar-refractivity contribution >= 4 is 0 Å². The molecular weight excluding hydrogens is 119 g/mol. The summed E-state index contributed by atoms with van der Waals surface area (Å²) in [5.41, 5.74) is -0.380. The Morgan fingerprint density at radius 3 is 2.00 bits per heavy atom. The van der Waals surface area contributed by atoms with Gasteiger partial charge in [-0.25, -0.2) is 0 Å². The Morgan fingerprint density at radius 1 is 1.50 bits per heavy atom. The molecule has 0 aliphatic carbocycles. The van der Waals surface area contributed by atoms with Crippen LogP contribution in [0.25, 0.3) is 0 Å². The molecule has 10 heavy (non-hydrogen) atoms. The van der Waals surface area contributed by atoms with E-state index in [2.05, 4.69) is 6.58 Å². The molecule has 0 radical (unpaired) electrons. The average Bonchev–Trinajstić information content (AvgIpc) is 1.86. The largest absolute Gasteiger partial charge is 1.00 e.